The number of benzene rings is 5. The summed E-state index contributed by atoms with van der Waals surface area (Å²) < 4.78 is 0. The lowest BCUT2D eigenvalue weighted by atomic mass is 9.98. The minimum absolute atomic E-state index is 0.889. The molecule has 0 aliphatic heterocycles. The summed E-state index contributed by atoms with van der Waals surface area (Å²) in [6.45, 7) is 6.50. The zero-order valence-electron chi connectivity index (χ0n) is 22.4. The first-order valence-electron chi connectivity index (χ1n) is 13.6. The molecule has 0 N–H and O–H groups in total. The quantitative estimate of drug-likeness (QED) is 0.219. The molecule has 0 atom stereocenters. The summed E-state index contributed by atoms with van der Waals surface area (Å²) in [5.74, 6) is 0. The van der Waals surface area contributed by atoms with Crippen molar-refractivity contribution in [2.24, 2.45) is 0 Å². The van der Waals surface area contributed by atoms with Crippen molar-refractivity contribution in [3.8, 4) is 0 Å². The summed E-state index contributed by atoms with van der Waals surface area (Å²) in [4.78, 5) is 12.2. The Morgan fingerprint density at radius 2 is 1.44 bits per heavy atom. The molecular weight excluding hydrogens is 474 g/mol. The van der Waals surface area contributed by atoms with Gasteiger partial charge in [0.15, 0.2) is 0 Å². The number of aromatic nitrogens is 2. The van der Waals surface area contributed by atoms with Gasteiger partial charge in [0.2, 0.25) is 0 Å². The van der Waals surface area contributed by atoms with Gasteiger partial charge in [-0.3, -0.25) is 0 Å². The van der Waals surface area contributed by atoms with Gasteiger partial charge in [-0.1, -0.05) is 67.6 Å². The van der Waals surface area contributed by atoms with Crippen molar-refractivity contribution in [2.45, 2.75) is 27.2 Å². The van der Waals surface area contributed by atoms with E-state index >= 15 is 0 Å². The van der Waals surface area contributed by atoms with Crippen molar-refractivity contribution in [2.75, 3.05) is 4.90 Å². The van der Waals surface area contributed by atoms with E-state index in [1.807, 2.05) is 24.3 Å². The maximum Gasteiger partial charge on any atom is 0.0915 e. The van der Waals surface area contributed by atoms with Crippen LogP contribution in [0.5, 0.6) is 0 Å². The van der Waals surface area contributed by atoms with Crippen LogP contribution in [-0.4, -0.2) is 9.97 Å². The Morgan fingerprint density at radius 3 is 2.21 bits per heavy atom. The van der Waals surface area contributed by atoms with Crippen LogP contribution in [0.25, 0.3) is 44.0 Å². The lowest BCUT2D eigenvalue weighted by Crippen LogP contribution is -2.11. The predicted octanol–water partition coefficient (Wildman–Crippen LogP) is 9.92. The number of fused-ring (bicyclic) bond motifs is 2. The van der Waals surface area contributed by atoms with Crippen LogP contribution in [0.1, 0.15) is 37.0 Å². The third-order valence-electron chi connectivity index (χ3n) is 7.73. The summed E-state index contributed by atoms with van der Waals surface area (Å²) in [5, 5.41) is 2.59. The molecule has 0 saturated carbocycles. The average molecular weight is 504 g/mol. The maximum absolute atomic E-state index is 4.97. The number of aryl methyl sites for hydroxylation is 1. The highest BCUT2D eigenvalue weighted by Gasteiger charge is 2.25. The third kappa shape index (κ3) is 3.73. The minimum atomic E-state index is 0.889. The molecule has 0 bridgehead atoms. The number of allylic oxidation sites excluding steroid dienone is 4. The monoisotopic (exact) mass is 503 g/mol. The fraction of sp³-hybridized carbons (Fsp3) is 0.111. The van der Waals surface area contributed by atoms with E-state index in [-0.39, 0.29) is 0 Å². The van der Waals surface area contributed by atoms with E-state index in [9.17, 15) is 0 Å². The van der Waals surface area contributed by atoms with Crippen LogP contribution < -0.4 is 4.90 Å². The zero-order valence-corrected chi connectivity index (χ0v) is 22.4. The number of rotatable bonds is 5. The minimum Gasteiger partial charge on any atom is -0.310 e. The van der Waals surface area contributed by atoms with E-state index in [2.05, 4.69) is 111 Å². The van der Waals surface area contributed by atoms with Gasteiger partial charge in [-0.05, 0) is 102 Å². The average Bonchev–Trinajstić information content (AvgIpc) is 3.27. The number of anilines is 3. The SMILES string of the molecule is CC=CC1=C(CC)c2ccc(N(c3cccc(C)c3)c3ccc4nc5ccccc5nc4c3)c3cccc1c23. The molecule has 5 aromatic carbocycles. The highest BCUT2D eigenvalue weighted by Crippen LogP contribution is 2.48. The molecular formula is C36H29N3. The first-order valence-corrected chi connectivity index (χ1v) is 13.6. The van der Waals surface area contributed by atoms with Crippen LogP contribution in [0.4, 0.5) is 17.1 Å². The molecule has 6 aromatic rings. The van der Waals surface area contributed by atoms with Gasteiger partial charge in [-0.25, -0.2) is 9.97 Å². The fourth-order valence-corrected chi connectivity index (χ4v) is 6.05. The molecule has 1 aliphatic carbocycles. The molecule has 0 unspecified atom stereocenters. The topological polar surface area (TPSA) is 29.0 Å². The van der Waals surface area contributed by atoms with Crippen LogP contribution in [0, 0.1) is 6.92 Å². The molecule has 7 rings (SSSR count). The fourth-order valence-electron chi connectivity index (χ4n) is 6.05. The van der Waals surface area contributed by atoms with Crippen molar-refractivity contribution in [1.82, 2.24) is 9.97 Å². The summed E-state index contributed by atoms with van der Waals surface area (Å²) in [7, 11) is 0. The van der Waals surface area contributed by atoms with Crippen LogP contribution in [-0.2, 0) is 0 Å². The van der Waals surface area contributed by atoms with Crippen molar-refractivity contribution in [1.29, 1.82) is 0 Å². The van der Waals surface area contributed by atoms with Gasteiger partial charge in [0.05, 0.1) is 27.8 Å². The summed E-state index contributed by atoms with van der Waals surface area (Å²) >= 11 is 0. The smallest absolute Gasteiger partial charge is 0.0915 e. The summed E-state index contributed by atoms with van der Waals surface area (Å²) in [5.41, 5.74) is 13.6. The Labute approximate surface area is 228 Å². The van der Waals surface area contributed by atoms with Crippen LogP contribution in [0.15, 0.2) is 109 Å². The van der Waals surface area contributed by atoms with Gasteiger partial charge in [0.25, 0.3) is 0 Å². The highest BCUT2D eigenvalue weighted by atomic mass is 15.1. The lowest BCUT2D eigenvalue weighted by molar-refractivity contribution is 1.25. The Balaban J connectivity index is 1.49. The lowest BCUT2D eigenvalue weighted by Gasteiger charge is -2.28. The Morgan fingerprint density at radius 1 is 0.692 bits per heavy atom. The second-order valence-electron chi connectivity index (χ2n) is 10.2. The van der Waals surface area contributed by atoms with Gasteiger partial charge in [-0.15, -0.1) is 0 Å². The Kier molecular flexibility index (Phi) is 5.52. The van der Waals surface area contributed by atoms with Crippen LogP contribution in [0.2, 0.25) is 0 Å². The molecule has 0 saturated heterocycles. The second-order valence-corrected chi connectivity index (χ2v) is 10.2. The number of hydrogen-bond acceptors (Lipinski definition) is 3. The van der Waals surface area contributed by atoms with Crippen molar-refractivity contribution >= 4 is 61.0 Å². The van der Waals surface area contributed by atoms with E-state index in [0.29, 0.717) is 0 Å². The molecule has 0 radical (unpaired) electrons. The summed E-state index contributed by atoms with van der Waals surface area (Å²) in [6.07, 6.45) is 5.41. The van der Waals surface area contributed by atoms with Gasteiger partial charge < -0.3 is 4.90 Å². The number of para-hydroxylation sites is 2. The molecule has 3 nitrogen and oxygen atoms in total. The molecule has 1 heterocycles. The molecule has 0 amide bonds. The molecule has 0 fully saturated rings. The summed E-state index contributed by atoms with van der Waals surface area (Å²) in [6, 6.07) is 34.5. The van der Waals surface area contributed by atoms with Crippen LogP contribution in [0.3, 0.4) is 0 Å². The zero-order chi connectivity index (χ0) is 26.5. The largest absolute Gasteiger partial charge is 0.310 e. The van der Waals surface area contributed by atoms with E-state index in [0.717, 1.165) is 45.5 Å². The van der Waals surface area contributed by atoms with E-state index in [4.69, 9.17) is 9.97 Å². The molecule has 1 aromatic heterocycles. The standard InChI is InChI=1S/C36H29N3/c1-4-10-27-26(5-2)29-18-20-35(30-14-9-13-28(27)36(29)30)39(24-12-8-11-23(3)21-24)25-17-19-33-34(22-25)38-32-16-7-6-15-31(32)37-33/h4,6-22H,5H2,1-3H3. The van der Waals surface area contributed by atoms with Crippen molar-refractivity contribution < 1.29 is 0 Å². The first kappa shape index (κ1) is 23.4. The van der Waals surface area contributed by atoms with E-state index in [1.165, 1.54) is 38.6 Å². The molecule has 188 valence electrons. The molecule has 1 aliphatic rings. The van der Waals surface area contributed by atoms with Gasteiger partial charge in [0.1, 0.15) is 0 Å². The molecule has 3 heteroatoms. The van der Waals surface area contributed by atoms with E-state index < -0.39 is 0 Å². The third-order valence-corrected chi connectivity index (χ3v) is 7.73. The van der Waals surface area contributed by atoms with E-state index in [1.54, 1.807) is 0 Å². The highest BCUT2D eigenvalue weighted by molar-refractivity contribution is 6.19. The molecule has 39 heavy (non-hydrogen) atoms. The second kappa shape index (κ2) is 9.21. The van der Waals surface area contributed by atoms with Crippen molar-refractivity contribution in [3.63, 3.8) is 0 Å². The van der Waals surface area contributed by atoms with Crippen LogP contribution >= 0.6 is 0 Å². The molecule has 0 spiro atoms. The Bertz CT molecular complexity index is 1980. The number of hydrogen-bond donors (Lipinski definition) is 0. The normalized spacial score (nSPS) is 12.9. The predicted molar refractivity (Wildman–Crippen MR) is 166 cm³/mol. The first-order chi connectivity index (χ1) is 19.2. The Hall–Kier alpha value is -4.76. The number of nitrogens with zero attached hydrogens (tertiary/aromatic N) is 3. The van der Waals surface area contributed by atoms with Gasteiger partial charge in [-0.2, -0.15) is 0 Å². The van der Waals surface area contributed by atoms with Gasteiger partial charge >= 0.3 is 0 Å². The van der Waals surface area contributed by atoms with Gasteiger partial charge in [0, 0.05) is 16.8 Å². The maximum atomic E-state index is 4.97. The van der Waals surface area contributed by atoms with Crippen molar-refractivity contribution in [3.05, 3.63) is 126 Å².